The predicted octanol–water partition coefficient (Wildman–Crippen LogP) is 1.78. The van der Waals surface area contributed by atoms with Crippen LogP contribution in [0.2, 0.25) is 0 Å². The number of carbonyl (C=O) groups is 1. The zero-order valence-corrected chi connectivity index (χ0v) is 9.96. The van der Waals surface area contributed by atoms with Crippen LogP contribution in [-0.2, 0) is 4.74 Å². The van der Waals surface area contributed by atoms with E-state index in [0.29, 0.717) is 0 Å². The average Bonchev–Trinajstić information content (AvgIpc) is 2.42. The maximum atomic E-state index is 13.2. The van der Waals surface area contributed by atoms with Crippen molar-refractivity contribution in [3.63, 3.8) is 0 Å². The Hall–Kier alpha value is -2.70. The van der Waals surface area contributed by atoms with Crippen LogP contribution in [0.3, 0.4) is 0 Å². The maximum Gasteiger partial charge on any atom is 0.358 e. The lowest BCUT2D eigenvalue weighted by Crippen LogP contribution is -2.05. The fourth-order valence-corrected chi connectivity index (χ4v) is 1.29. The van der Waals surface area contributed by atoms with Crippen LogP contribution in [0.15, 0.2) is 30.6 Å². The highest BCUT2D eigenvalue weighted by atomic mass is 19.1. The van der Waals surface area contributed by atoms with Gasteiger partial charge < -0.3 is 15.2 Å². The molecule has 0 aliphatic carbocycles. The third-order valence-corrected chi connectivity index (χ3v) is 2.20. The summed E-state index contributed by atoms with van der Waals surface area (Å²) in [5.41, 5.74) is 5.36. The average molecular weight is 263 g/mol. The molecule has 0 aliphatic rings. The molecule has 1 aromatic carbocycles. The Morgan fingerprint density at radius 3 is 2.84 bits per heavy atom. The summed E-state index contributed by atoms with van der Waals surface area (Å²) in [5, 5.41) is 0. The number of nitrogen functional groups attached to an aromatic ring is 1. The fourth-order valence-electron chi connectivity index (χ4n) is 1.29. The van der Waals surface area contributed by atoms with Gasteiger partial charge >= 0.3 is 5.97 Å². The lowest BCUT2D eigenvalue weighted by atomic mass is 10.3. The molecule has 1 heterocycles. The summed E-state index contributed by atoms with van der Waals surface area (Å²) in [5.74, 6) is -0.994. The Morgan fingerprint density at radius 2 is 2.16 bits per heavy atom. The number of nitrogens with two attached hydrogens (primary N) is 1. The summed E-state index contributed by atoms with van der Waals surface area (Å²) < 4.78 is 23.0. The van der Waals surface area contributed by atoms with Crippen molar-refractivity contribution in [3.8, 4) is 11.6 Å². The lowest BCUT2D eigenvalue weighted by molar-refractivity contribution is 0.0592. The van der Waals surface area contributed by atoms with Gasteiger partial charge in [0.25, 0.3) is 0 Å². The van der Waals surface area contributed by atoms with E-state index in [1.54, 1.807) is 0 Å². The van der Waals surface area contributed by atoms with Crippen molar-refractivity contribution >= 4 is 11.7 Å². The molecule has 1 aromatic heterocycles. The quantitative estimate of drug-likeness (QED) is 0.670. The minimum Gasteiger partial charge on any atom is -0.464 e. The van der Waals surface area contributed by atoms with E-state index >= 15 is 0 Å². The number of anilines is 1. The molecule has 0 atom stereocenters. The highest BCUT2D eigenvalue weighted by Gasteiger charge is 2.10. The summed E-state index contributed by atoms with van der Waals surface area (Å²) in [4.78, 5) is 18.9. The van der Waals surface area contributed by atoms with E-state index < -0.39 is 11.8 Å². The zero-order valence-electron chi connectivity index (χ0n) is 9.96. The minimum absolute atomic E-state index is 0.00378. The molecule has 0 fully saturated rings. The minimum atomic E-state index is -0.638. The van der Waals surface area contributed by atoms with Gasteiger partial charge in [-0.1, -0.05) is 0 Å². The van der Waals surface area contributed by atoms with Gasteiger partial charge in [0.1, 0.15) is 11.6 Å². The number of carbonyl (C=O) groups excluding carboxylic acids is 1. The Kier molecular flexibility index (Phi) is 3.56. The molecule has 98 valence electrons. The second-order valence-electron chi connectivity index (χ2n) is 3.52. The third kappa shape index (κ3) is 2.95. The number of hydrogen-bond donors (Lipinski definition) is 1. The number of hydrogen-bond acceptors (Lipinski definition) is 6. The second kappa shape index (κ2) is 5.30. The molecule has 2 rings (SSSR count). The number of esters is 1. The van der Waals surface area contributed by atoms with Crippen LogP contribution in [-0.4, -0.2) is 23.0 Å². The van der Waals surface area contributed by atoms with Gasteiger partial charge in [-0.05, 0) is 12.1 Å². The molecule has 0 saturated carbocycles. The molecule has 0 spiro atoms. The Morgan fingerprint density at radius 1 is 1.37 bits per heavy atom. The molecule has 0 unspecified atom stereocenters. The van der Waals surface area contributed by atoms with Crippen molar-refractivity contribution in [2.45, 2.75) is 0 Å². The lowest BCUT2D eigenvalue weighted by Gasteiger charge is -2.06. The van der Waals surface area contributed by atoms with Crippen molar-refractivity contribution in [2.75, 3.05) is 12.8 Å². The van der Waals surface area contributed by atoms with Crippen molar-refractivity contribution in [2.24, 2.45) is 0 Å². The molecule has 0 bridgehead atoms. The summed E-state index contributed by atoms with van der Waals surface area (Å²) in [6, 6.07) is 3.95. The molecule has 0 radical (unpaired) electrons. The van der Waals surface area contributed by atoms with Crippen molar-refractivity contribution in [1.82, 2.24) is 9.97 Å². The second-order valence-corrected chi connectivity index (χ2v) is 3.52. The Labute approximate surface area is 108 Å². The van der Waals surface area contributed by atoms with E-state index in [4.69, 9.17) is 10.5 Å². The van der Waals surface area contributed by atoms with E-state index in [1.807, 2.05) is 0 Å². The van der Waals surface area contributed by atoms with Crippen LogP contribution < -0.4 is 10.5 Å². The number of halogens is 1. The topological polar surface area (TPSA) is 87.3 Å². The maximum absolute atomic E-state index is 13.2. The van der Waals surface area contributed by atoms with E-state index in [0.717, 1.165) is 6.07 Å². The zero-order chi connectivity index (χ0) is 13.8. The first kappa shape index (κ1) is 12.7. The van der Waals surface area contributed by atoms with Gasteiger partial charge in [-0.3, -0.25) is 4.98 Å². The summed E-state index contributed by atoms with van der Waals surface area (Å²) in [6.07, 6.45) is 2.53. The normalized spacial score (nSPS) is 10.0. The van der Waals surface area contributed by atoms with Gasteiger partial charge in [0, 0.05) is 6.07 Å². The van der Waals surface area contributed by atoms with Crippen LogP contribution in [0.1, 0.15) is 10.5 Å². The van der Waals surface area contributed by atoms with E-state index in [1.165, 1.54) is 31.6 Å². The molecule has 0 amide bonds. The summed E-state index contributed by atoms with van der Waals surface area (Å²) in [6.45, 7) is 0. The van der Waals surface area contributed by atoms with Crippen molar-refractivity contribution in [3.05, 3.63) is 42.1 Å². The summed E-state index contributed by atoms with van der Waals surface area (Å²) >= 11 is 0. The van der Waals surface area contributed by atoms with Crippen LogP contribution in [0, 0.1) is 5.82 Å². The largest absolute Gasteiger partial charge is 0.464 e. The van der Waals surface area contributed by atoms with Crippen molar-refractivity contribution in [1.29, 1.82) is 0 Å². The molecule has 2 aromatic rings. The van der Waals surface area contributed by atoms with Crippen LogP contribution in [0.5, 0.6) is 11.6 Å². The number of methoxy groups -OCH3 is 1. The smallest absolute Gasteiger partial charge is 0.358 e. The van der Waals surface area contributed by atoms with Crippen LogP contribution in [0.4, 0.5) is 10.1 Å². The predicted molar refractivity (Wildman–Crippen MR) is 64.3 cm³/mol. The van der Waals surface area contributed by atoms with Gasteiger partial charge in [-0.2, -0.15) is 0 Å². The first-order valence-corrected chi connectivity index (χ1v) is 5.23. The molecule has 19 heavy (non-hydrogen) atoms. The van der Waals surface area contributed by atoms with Gasteiger partial charge in [0.05, 0.1) is 25.2 Å². The van der Waals surface area contributed by atoms with Crippen LogP contribution in [0.25, 0.3) is 0 Å². The molecule has 7 heteroatoms. The van der Waals surface area contributed by atoms with Gasteiger partial charge in [0.15, 0.2) is 5.69 Å². The third-order valence-electron chi connectivity index (χ3n) is 2.20. The molecular formula is C12H10FN3O3. The SMILES string of the molecule is COC(=O)c1cncc(Oc2ccc(N)c(F)c2)n1. The summed E-state index contributed by atoms with van der Waals surface area (Å²) in [7, 11) is 1.23. The van der Waals surface area contributed by atoms with Gasteiger partial charge in [-0.25, -0.2) is 14.2 Å². The van der Waals surface area contributed by atoms with E-state index in [9.17, 15) is 9.18 Å². The molecule has 2 N–H and O–H groups in total. The van der Waals surface area contributed by atoms with Crippen molar-refractivity contribution < 1.29 is 18.7 Å². The van der Waals surface area contributed by atoms with Gasteiger partial charge in [0.2, 0.25) is 5.88 Å². The Bertz CT molecular complexity index is 619. The number of ether oxygens (including phenoxy) is 2. The fraction of sp³-hybridized carbons (Fsp3) is 0.0833. The Balaban J connectivity index is 2.23. The number of rotatable bonds is 3. The highest BCUT2D eigenvalue weighted by molar-refractivity contribution is 5.86. The van der Waals surface area contributed by atoms with Gasteiger partial charge in [-0.15, -0.1) is 0 Å². The first-order valence-electron chi connectivity index (χ1n) is 5.23. The first-order chi connectivity index (χ1) is 9.10. The molecule has 0 saturated heterocycles. The molecule has 0 aliphatic heterocycles. The molecule has 6 nitrogen and oxygen atoms in total. The monoisotopic (exact) mass is 263 g/mol. The number of aromatic nitrogens is 2. The standard InChI is InChI=1S/C12H10FN3O3/c1-18-12(17)10-5-15-6-11(16-10)19-7-2-3-9(14)8(13)4-7/h2-6H,14H2,1H3. The molecular weight excluding hydrogens is 253 g/mol. The van der Waals surface area contributed by atoms with E-state index in [-0.39, 0.29) is 23.0 Å². The highest BCUT2D eigenvalue weighted by Crippen LogP contribution is 2.22. The number of benzene rings is 1. The number of nitrogens with zero attached hydrogens (tertiary/aromatic N) is 2. The van der Waals surface area contributed by atoms with Crippen LogP contribution >= 0.6 is 0 Å². The van der Waals surface area contributed by atoms with E-state index in [2.05, 4.69) is 14.7 Å².